The first-order valence-corrected chi connectivity index (χ1v) is 7.68. The summed E-state index contributed by atoms with van der Waals surface area (Å²) in [5.74, 6) is -0.0690. The van der Waals surface area contributed by atoms with Crippen LogP contribution in [0.3, 0.4) is 0 Å². The molecular formula is C12H24N2O4S. The van der Waals surface area contributed by atoms with Crippen molar-refractivity contribution in [3.05, 3.63) is 0 Å². The Kier molecular flexibility index (Phi) is 10.4. The Bertz CT molecular complexity index is 276. The number of carbonyl (C=O) groups is 2. The van der Waals surface area contributed by atoms with Gasteiger partial charge >= 0.3 is 12.0 Å². The normalized spacial score (nSPS) is 13.6. The van der Waals surface area contributed by atoms with Gasteiger partial charge < -0.3 is 20.5 Å². The number of carboxylic acid groups (broad SMARTS) is 1. The summed E-state index contributed by atoms with van der Waals surface area (Å²) < 4.78 is 4.86. The number of urea groups is 1. The molecule has 0 saturated heterocycles. The van der Waals surface area contributed by atoms with Gasteiger partial charge in [-0.3, -0.25) is 0 Å². The average Bonchev–Trinajstić information content (AvgIpc) is 2.35. The van der Waals surface area contributed by atoms with E-state index in [1.165, 1.54) is 0 Å². The Morgan fingerprint density at radius 3 is 2.53 bits per heavy atom. The predicted octanol–water partition coefficient (Wildman–Crippen LogP) is 1.31. The standard InChI is InChI=1S/C12H24N2O4S/c1-9(6-8-19-3)13-12(17)14-10(11(15)16)5-4-7-18-2/h9-10H,4-8H2,1-3H3,(H,15,16)(H2,13,14,17). The number of aliphatic carboxylic acids is 1. The van der Waals surface area contributed by atoms with Crippen LogP contribution in [0.1, 0.15) is 26.2 Å². The van der Waals surface area contributed by atoms with Gasteiger partial charge in [-0.2, -0.15) is 11.8 Å². The molecule has 0 aliphatic heterocycles. The van der Waals surface area contributed by atoms with Gasteiger partial charge in [-0.25, -0.2) is 9.59 Å². The van der Waals surface area contributed by atoms with E-state index >= 15 is 0 Å². The SMILES string of the molecule is COCCCC(NC(=O)NC(C)CCSC)C(=O)O. The minimum absolute atomic E-state index is 0.0286. The molecule has 112 valence electrons. The minimum atomic E-state index is -1.02. The summed E-state index contributed by atoms with van der Waals surface area (Å²) >= 11 is 1.71. The zero-order chi connectivity index (χ0) is 14.7. The number of amides is 2. The lowest BCUT2D eigenvalue weighted by atomic mass is 10.1. The number of carboxylic acids is 1. The topological polar surface area (TPSA) is 87.7 Å². The smallest absolute Gasteiger partial charge is 0.326 e. The van der Waals surface area contributed by atoms with Gasteiger partial charge in [-0.05, 0) is 38.2 Å². The molecule has 0 aromatic heterocycles. The third-order valence-corrected chi connectivity index (χ3v) is 3.22. The Labute approximate surface area is 118 Å². The van der Waals surface area contributed by atoms with Gasteiger partial charge in [-0.1, -0.05) is 0 Å². The van der Waals surface area contributed by atoms with Crippen LogP contribution in [0.25, 0.3) is 0 Å². The number of nitrogens with one attached hydrogen (secondary N) is 2. The highest BCUT2D eigenvalue weighted by molar-refractivity contribution is 7.98. The van der Waals surface area contributed by atoms with E-state index in [0.29, 0.717) is 19.4 Å². The van der Waals surface area contributed by atoms with E-state index < -0.39 is 18.0 Å². The first-order chi connectivity index (χ1) is 9.01. The van der Waals surface area contributed by atoms with E-state index in [-0.39, 0.29) is 6.04 Å². The second kappa shape index (κ2) is 10.9. The van der Waals surface area contributed by atoms with Crippen molar-refractivity contribution in [3.63, 3.8) is 0 Å². The largest absolute Gasteiger partial charge is 0.480 e. The maximum absolute atomic E-state index is 11.6. The molecule has 2 atom stereocenters. The van der Waals surface area contributed by atoms with Crippen molar-refractivity contribution in [2.75, 3.05) is 25.7 Å². The van der Waals surface area contributed by atoms with Crippen molar-refractivity contribution in [1.29, 1.82) is 0 Å². The molecule has 0 fully saturated rings. The van der Waals surface area contributed by atoms with E-state index in [9.17, 15) is 9.59 Å². The lowest BCUT2D eigenvalue weighted by Gasteiger charge is -2.18. The van der Waals surface area contributed by atoms with Crippen molar-refractivity contribution >= 4 is 23.8 Å². The molecule has 6 nitrogen and oxygen atoms in total. The number of rotatable bonds is 10. The molecule has 0 aliphatic rings. The van der Waals surface area contributed by atoms with Crippen LogP contribution in [-0.2, 0) is 9.53 Å². The summed E-state index contributed by atoms with van der Waals surface area (Å²) in [5, 5.41) is 14.2. The van der Waals surface area contributed by atoms with Gasteiger partial charge in [0, 0.05) is 19.8 Å². The summed E-state index contributed by atoms with van der Waals surface area (Å²) in [5.41, 5.74) is 0. The number of thioether (sulfide) groups is 1. The quantitative estimate of drug-likeness (QED) is 0.528. The second-order valence-corrected chi connectivity index (χ2v) is 5.31. The monoisotopic (exact) mass is 292 g/mol. The third-order valence-electron chi connectivity index (χ3n) is 2.58. The van der Waals surface area contributed by atoms with Crippen LogP contribution >= 0.6 is 11.8 Å². The molecule has 0 aromatic rings. The number of methoxy groups -OCH3 is 1. The zero-order valence-electron chi connectivity index (χ0n) is 11.8. The number of hydrogen-bond donors (Lipinski definition) is 3. The van der Waals surface area contributed by atoms with E-state index in [4.69, 9.17) is 9.84 Å². The summed E-state index contributed by atoms with van der Waals surface area (Å²) in [6.45, 7) is 2.38. The van der Waals surface area contributed by atoms with Crippen molar-refractivity contribution < 1.29 is 19.4 Å². The van der Waals surface area contributed by atoms with E-state index in [1.807, 2.05) is 13.2 Å². The summed E-state index contributed by atoms with van der Waals surface area (Å²) in [4.78, 5) is 22.6. The fourth-order valence-corrected chi connectivity index (χ4v) is 2.07. The molecule has 3 N–H and O–H groups in total. The molecule has 2 unspecified atom stereocenters. The molecule has 0 saturated carbocycles. The second-order valence-electron chi connectivity index (χ2n) is 4.33. The van der Waals surface area contributed by atoms with Crippen molar-refractivity contribution in [3.8, 4) is 0 Å². The van der Waals surface area contributed by atoms with E-state index in [1.54, 1.807) is 18.9 Å². The lowest BCUT2D eigenvalue weighted by molar-refractivity contribution is -0.139. The Hall–Kier alpha value is -0.950. The first kappa shape index (κ1) is 18.0. The molecule has 0 heterocycles. The van der Waals surface area contributed by atoms with Crippen LogP contribution in [0.15, 0.2) is 0 Å². The van der Waals surface area contributed by atoms with Crippen LogP contribution in [0, 0.1) is 0 Å². The van der Waals surface area contributed by atoms with Gasteiger partial charge in [-0.15, -0.1) is 0 Å². The molecule has 0 aliphatic carbocycles. The number of hydrogen-bond acceptors (Lipinski definition) is 4. The van der Waals surface area contributed by atoms with Gasteiger partial charge in [0.1, 0.15) is 6.04 Å². The number of ether oxygens (including phenoxy) is 1. The van der Waals surface area contributed by atoms with Gasteiger partial charge in [0.15, 0.2) is 0 Å². The van der Waals surface area contributed by atoms with Crippen LogP contribution in [0.2, 0.25) is 0 Å². The van der Waals surface area contributed by atoms with Crippen LogP contribution in [-0.4, -0.2) is 54.9 Å². The Morgan fingerprint density at radius 1 is 1.32 bits per heavy atom. The lowest BCUT2D eigenvalue weighted by Crippen LogP contribution is -2.48. The molecule has 0 radical (unpaired) electrons. The molecule has 0 bridgehead atoms. The van der Waals surface area contributed by atoms with E-state index in [2.05, 4.69) is 10.6 Å². The van der Waals surface area contributed by atoms with Gasteiger partial charge in [0.2, 0.25) is 0 Å². The molecular weight excluding hydrogens is 268 g/mol. The van der Waals surface area contributed by atoms with Gasteiger partial charge in [0.05, 0.1) is 0 Å². The fourth-order valence-electron chi connectivity index (χ4n) is 1.48. The third kappa shape index (κ3) is 9.61. The highest BCUT2D eigenvalue weighted by Crippen LogP contribution is 2.01. The van der Waals surface area contributed by atoms with E-state index in [0.717, 1.165) is 12.2 Å². The fraction of sp³-hybridized carbons (Fsp3) is 0.833. The summed E-state index contributed by atoms with van der Waals surface area (Å²) in [7, 11) is 1.56. The molecule has 7 heteroatoms. The Morgan fingerprint density at radius 2 is 2.00 bits per heavy atom. The van der Waals surface area contributed by atoms with Crippen molar-refractivity contribution in [1.82, 2.24) is 10.6 Å². The predicted molar refractivity (Wildman–Crippen MR) is 76.7 cm³/mol. The first-order valence-electron chi connectivity index (χ1n) is 6.29. The minimum Gasteiger partial charge on any atom is -0.480 e. The average molecular weight is 292 g/mol. The van der Waals surface area contributed by atoms with Crippen molar-refractivity contribution in [2.24, 2.45) is 0 Å². The number of carbonyl (C=O) groups excluding carboxylic acids is 1. The highest BCUT2D eigenvalue weighted by atomic mass is 32.2. The van der Waals surface area contributed by atoms with Crippen LogP contribution in [0.4, 0.5) is 4.79 Å². The van der Waals surface area contributed by atoms with Crippen LogP contribution < -0.4 is 10.6 Å². The summed E-state index contributed by atoms with van der Waals surface area (Å²) in [6, 6.07) is -1.28. The van der Waals surface area contributed by atoms with Gasteiger partial charge in [0.25, 0.3) is 0 Å². The molecule has 2 amide bonds. The highest BCUT2D eigenvalue weighted by Gasteiger charge is 2.19. The maximum Gasteiger partial charge on any atom is 0.326 e. The Balaban J connectivity index is 4.05. The molecule has 0 spiro atoms. The maximum atomic E-state index is 11.6. The van der Waals surface area contributed by atoms with Crippen LogP contribution in [0.5, 0.6) is 0 Å². The molecule has 19 heavy (non-hydrogen) atoms. The molecule has 0 aromatic carbocycles. The zero-order valence-corrected chi connectivity index (χ0v) is 12.6. The summed E-state index contributed by atoms with van der Waals surface area (Å²) in [6.07, 6.45) is 3.81. The van der Waals surface area contributed by atoms with Crippen molar-refractivity contribution in [2.45, 2.75) is 38.3 Å². The molecule has 0 rings (SSSR count).